The summed E-state index contributed by atoms with van der Waals surface area (Å²) >= 11 is 0. The van der Waals surface area contributed by atoms with E-state index in [1.54, 1.807) is 0 Å². The van der Waals surface area contributed by atoms with Crippen molar-refractivity contribution in [3.8, 4) is 0 Å². The van der Waals surface area contributed by atoms with Gasteiger partial charge < -0.3 is 20.8 Å². The van der Waals surface area contributed by atoms with Gasteiger partial charge in [0.15, 0.2) is 6.04 Å². The van der Waals surface area contributed by atoms with Gasteiger partial charge in [0.25, 0.3) is 0 Å². The van der Waals surface area contributed by atoms with E-state index in [0.29, 0.717) is 5.92 Å². The van der Waals surface area contributed by atoms with Crippen LogP contribution in [0.3, 0.4) is 0 Å². The molecule has 104 valence electrons. The van der Waals surface area contributed by atoms with Gasteiger partial charge in [-0.1, -0.05) is 19.8 Å². The number of amides is 2. The Morgan fingerprint density at radius 2 is 1.89 bits per heavy atom. The third kappa shape index (κ3) is 4.18. The number of carboxylic acids is 1. The van der Waals surface area contributed by atoms with E-state index in [1.165, 1.54) is 13.3 Å². The molecular formula is C12H22N2O4. The van der Waals surface area contributed by atoms with Gasteiger partial charge in [0.1, 0.15) is 0 Å². The normalized spacial score (nSPS) is 27.1. The van der Waals surface area contributed by atoms with Crippen molar-refractivity contribution < 1.29 is 19.8 Å². The third-order valence-electron chi connectivity index (χ3n) is 3.46. The molecule has 0 spiro atoms. The monoisotopic (exact) mass is 258 g/mol. The number of rotatable bonds is 4. The molecule has 1 rings (SSSR count). The van der Waals surface area contributed by atoms with E-state index in [-0.39, 0.29) is 6.04 Å². The molecule has 1 saturated carbocycles. The average molecular weight is 258 g/mol. The second-order valence-corrected chi connectivity index (χ2v) is 5.04. The van der Waals surface area contributed by atoms with Crippen LogP contribution in [0.5, 0.6) is 0 Å². The zero-order valence-electron chi connectivity index (χ0n) is 10.8. The predicted octanol–water partition coefficient (Wildman–Crippen LogP) is 0.698. The molecular weight excluding hydrogens is 236 g/mol. The van der Waals surface area contributed by atoms with Crippen molar-refractivity contribution in [1.29, 1.82) is 0 Å². The summed E-state index contributed by atoms with van der Waals surface area (Å²) in [6.07, 6.45) is 3.11. The van der Waals surface area contributed by atoms with Crippen LogP contribution in [-0.4, -0.2) is 40.4 Å². The fourth-order valence-corrected chi connectivity index (χ4v) is 2.27. The highest BCUT2D eigenvalue weighted by molar-refractivity contribution is 5.83. The van der Waals surface area contributed by atoms with Crippen LogP contribution in [0.25, 0.3) is 0 Å². The molecule has 18 heavy (non-hydrogen) atoms. The van der Waals surface area contributed by atoms with Gasteiger partial charge in [0, 0.05) is 6.04 Å². The Labute approximate surface area is 107 Å². The van der Waals surface area contributed by atoms with Gasteiger partial charge >= 0.3 is 12.0 Å². The van der Waals surface area contributed by atoms with E-state index in [0.717, 1.165) is 19.3 Å². The first kappa shape index (κ1) is 14.8. The van der Waals surface area contributed by atoms with Crippen LogP contribution in [-0.2, 0) is 4.79 Å². The minimum atomic E-state index is -1.27. The molecule has 4 atom stereocenters. The Kier molecular flexibility index (Phi) is 5.40. The smallest absolute Gasteiger partial charge is 0.328 e. The lowest BCUT2D eigenvalue weighted by Gasteiger charge is -2.30. The minimum absolute atomic E-state index is 0.0854. The first-order valence-corrected chi connectivity index (χ1v) is 6.39. The lowest BCUT2D eigenvalue weighted by molar-refractivity contribution is -0.141. The van der Waals surface area contributed by atoms with E-state index in [1.807, 2.05) is 0 Å². The number of urea groups is 1. The summed E-state index contributed by atoms with van der Waals surface area (Å²) in [5.74, 6) is -0.837. The summed E-state index contributed by atoms with van der Waals surface area (Å²) in [6.45, 7) is 3.41. The second-order valence-electron chi connectivity index (χ2n) is 5.04. The molecule has 0 aromatic carbocycles. The van der Waals surface area contributed by atoms with E-state index < -0.39 is 24.1 Å². The maximum atomic E-state index is 11.7. The van der Waals surface area contributed by atoms with Gasteiger partial charge in [-0.3, -0.25) is 0 Å². The van der Waals surface area contributed by atoms with Crippen molar-refractivity contribution in [3.05, 3.63) is 0 Å². The van der Waals surface area contributed by atoms with Crippen LogP contribution in [0.1, 0.15) is 39.5 Å². The molecule has 0 bridgehead atoms. The second kappa shape index (κ2) is 6.58. The molecule has 0 heterocycles. The number of carboxylic acid groups (broad SMARTS) is 1. The van der Waals surface area contributed by atoms with Crippen LogP contribution in [0, 0.1) is 5.92 Å². The van der Waals surface area contributed by atoms with Gasteiger partial charge in [-0.25, -0.2) is 9.59 Å². The molecule has 0 aromatic heterocycles. The molecule has 6 nitrogen and oxygen atoms in total. The Morgan fingerprint density at radius 3 is 2.39 bits per heavy atom. The number of aliphatic carboxylic acids is 1. The number of aliphatic hydroxyl groups is 1. The number of hydrogen-bond donors (Lipinski definition) is 4. The van der Waals surface area contributed by atoms with Crippen molar-refractivity contribution in [1.82, 2.24) is 10.6 Å². The fourth-order valence-electron chi connectivity index (χ4n) is 2.27. The molecule has 1 aliphatic carbocycles. The van der Waals surface area contributed by atoms with Gasteiger partial charge in [-0.2, -0.15) is 0 Å². The van der Waals surface area contributed by atoms with Crippen molar-refractivity contribution in [3.63, 3.8) is 0 Å². The summed E-state index contributed by atoms with van der Waals surface area (Å²) < 4.78 is 0. The lowest BCUT2D eigenvalue weighted by atomic mass is 9.86. The van der Waals surface area contributed by atoms with E-state index in [4.69, 9.17) is 5.11 Å². The van der Waals surface area contributed by atoms with E-state index in [2.05, 4.69) is 17.6 Å². The topological polar surface area (TPSA) is 98.7 Å². The van der Waals surface area contributed by atoms with Crippen molar-refractivity contribution in [2.45, 2.75) is 57.7 Å². The molecule has 0 radical (unpaired) electrons. The van der Waals surface area contributed by atoms with Gasteiger partial charge in [0.05, 0.1) is 6.10 Å². The number of hydrogen-bond acceptors (Lipinski definition) is 3. The first-order chi connectivity index (χ1) is 8.41. The van der Waals surface area contributed by atoms with Crippen molar-refractivity contribution in [2.75, 3.05) is 0 Å². The fraction of sp³-hybridized carbons (Fsp3) is 0.833. The Balaban J connectivity index is 2.47. The molecule has 1 fully saturated rings. The third-order valence-corrected chi connectivity index (χ3v) is 3.46. The van der Waals surface area contributed by atoms with Crippen LogP contribution < -0.4 is 10.6 Å². The molecule has 0 saturated heterocycles. The predicted molar refractivity (Wildman–Crippen MR) is 66.2 cm³/mol. The molecule has 2 amide bonds. The molecule has 4 unspecified atom stereocenters. The van der Waals surface area contributed by atoms with Crippen LogP contribution in [0.4, 0.5) is 4.79 Å². The van der Waals surface area contributed by atoms with E-state index in [9.17, 15) is 14.7 Å². The molecule has 1 aliphatic rings. The number of carbonyl (C=O) groups is 2. The standard InChI is InChI=1S/C12H22N2O4/c1-7-5-3-4-6-9(7)13-12(18)14-10(8(2)15)11(16)17/h7-10,15H,3-6H2,1-2H3,(H,16,17)(H2,13,14,18). The highest BCUT2D eigenvalue weighted by Crippen LogP contribution is 2.23. The summed E-state index contributed by atoms with van der Waals surface area (Å²) in [5.41, 5.74) is 0. The quantitative estimate of drug-likeness (QED) is 0.596. The summed E-state index contributed by atoms with van der Waals surface area (Å²) in [4.78, 5) is 22.5. The van der Waals surface area contributed by atoms with Gasteiger partial charge in [-0.15, -0.1) is 0 Å². The molecule has 4 N–H and O–H groups in total. The molecule has 0 aliphatic heterocycles. The first-order valence-electron chi connectivity index (χ1n) is 6.39. The number of aliphatic hydroxyl groups excluding tert-OH is 1. The molecule has 6 heteroatoms. The highest BCUT2D eigenvalue weighted by Gasteiger charge is 2.27. The number of carbonyl (C=O) groups excluding carboxylic acids is 1. The van der Waals surface area contributed by atoms with Crippen molar-refractivity contribution in [2.24, 2.45) is 5.92 Å². The number of nitrogens with one attached hydrogen (secondary N) is 2. The van der Waals surface area contributed by atoms with Crippen LogP contribution >= 0.6 is 0 Å². The zero-order chi connectivity index (χ0) is 13.7. The Hall–Kier alpha value is -1.30. The zero-order valence-corrected chi connectivity index (χ0v) is 10.8. The maximum Gasteiger partial charge on any atom is 0.328 e. The summed E-state index contributed by atoms with van der Waals surface area (Å²) in [7, 11) is 0. The maximum absolute atomic E-state index is 11.7. The lowest BCUT2D eigenvalue weighted by Crippen LogP contribution is -2.54. The Morgan fingerprint density at radius 1 is 1.28 bits per heavy atom. The highest BCUT2D eigenvalue weighted by atomic mass is 16.4. The molecule has 0 aromatic rings. The van der Waals surface area contributed by atoms with Gasteiger partial charge in [0.2, 0.25) is 0 Å². The van der Waals surface area contributed by atoms with Crippen LogP contribution in [0.15, 0.2) is 0 Å². The van der Waals surface area contributed by atoms with E-state index >= 15 is 0 Å². The summed E-state index contributed by atoms with van der Waals surface area (Å²) in [5, 5.41) is 23.2. The average Bonchev–Trinajstić information content (AvgIpc) is 2.28. The SMILES string of the molecule is CC(O)C(NC(=O)NC1CCCCC1C)C(=O)O. The van der Waals surface area contributed by atoms with Crippen molar-refractivity contribution >= 4 is 12.0 Å². The largest absolute Gasteiger partial charge is 0.480 e. The minimum Gasteiger partial charge on any atom is -0.480 e. The Bertz CT molecular complexity index is 306. The van der Waals surface area contributed by atoms with Gasteiger partial charge in [-0.05, 0) is 25.7 Å². The summed E-state index contributed by atoms with van der Waals surface area (Å²) in [6, 6.07) is -1.71. The van der Waals surface area contributed by atoms with Crippen LogP contribution in [0.2, 0.25) is 0 Å².